The highest BCUT2D eigenvalue weighted by Gasteiger charge is 2.39. The number of thiophene rings is 1. The lowest BCUT2D eigenvalue weighted by atomic mass is 9.78. The monoisotopic (exact) mass is 346 g/mol. The molecule has 1 aromatic carbocycles. The summed E-state index contributed by atoms with van der Waals surface area (Å²) >= 11 is 7.72. The van der Waals surface area contributed by atoms with Gasteiger partial charge in [0.2, 0.25) is 0 Å². The number of esters is 1. The zero-order valence-electron chi connectivity index (χ0n) is 12.7. The molecule has 0 spiro atoms. The molecule has 3 rings (SSSR count). The zero-order chi connectivity index (χ0) is 16.4. The van der Waals surface area contributed by atoms with E-state index in [4.69, 9.17) is 16.3 Å². The minimum Gasteiger partial charge on any atom is -0.468 e. The molecular formula is C17H15ClN2O2S. The number of carbonyl (C=O) groups excluding carboxylic acids is 1. The van der Waals surface area contributed by atoms with Gasteiger partial charge >= 0.3 is 5.97 Å². The normalized spacial score (nSPS) is 20.7. The fourth-order valence-electron chi connectivity index (χ4n) is 2.77. The molecule has 0 radical (unpaired) electrons. The van der Waals surface area contributed by atoms with Crippen LogP contribution in [0.5, 0.6) is 0 Å². The Morgan fingerprint density at radius 2 is 2.09 bits per heavy atom. The van der Waals surface area contributed by atoms with Crippen molar-refractivity contribution in [1.82, 2.24) is 0 Å². The van der Waals surface area contributed by atoms with Gasteiger partial charge in [-0.15, -0.1) is 11.3 Å². The first kappa shape index (κ1) is 15.9. The molecule has 23 heavy (non-hydrogen) atoms. The Bertz CT molecular complexity index is 784. The minimum absolute atomic E-state index is 0.266. The topological polar surface area (TPSA) is 51.0 Å². The lowest BCUT2D eigenvalue weighted by Gasteiger charge is -2.28. The molecular weight excluding hydrogens is 332 g/mol. The third kappa shape index (κ3) is 3.07. The Hall–Kier alpha value is -1.98. The van der Waals surface area contributed by atoms with Gasteiger partial charge in [0, 0.05) is 10.9 Å². The van der Waals surface area contributed by atoms with E-state index in [1.54, 1.807) is 18.3 Å². The Morgan fingerprint density at radius 1 is 1.26 bits per heavy atom. The second-order valence-corrected chi connectivity index (χ2v) is 6.62. The predicted octanol–water partition coefficient (Wildman–Crippen LogP) is 4.15. The summed E-state index contributed by atoms with van der Waals surface area (Å²) in [4.78, 5) is 13.4. The van der Waals surface area contributed by atoms with Crippen LogP contribution in [0.25, 0.3) is 0 Å². The van der Waals surface area contributed by atoms with Crippen molar-refractivity contribution in [2.75, 3.05) is 7.11 Å². The van der Waals surface area contributed by atoms with E-state index < -0.39 is 5.92 Å². The van der Waals surface area contributed by atoms with E-state index in [9.17, 15) is 4.79 Å². The predicted molar refractivity (Wildman–Crippen MR) is 93.7 cm³/mol. The van der Waals surface area contributed by atoms with E-state index >= 15 is 0 Å². The van der Waals surface area contributed by atoms with E-state index in [0.717, 1.165) is 16.2 Å². The first-order valence-corrected chi connectivity index (χ1v) is 8.36. The number of benzene rings is 1. The molecule has 0 saturated carbocycles. The average molecular weight is 347 g/mol. The van der Waals surface area contributed by atoms with Crippen LogP contribution in [-0.4, -0.2) is 24.5 Å². The number of hydrogen-bond acceptors (Lipinski definition) is 5. The quantitative estimate of drug-likeness (QED) is 0.784. The minimum atomic E-state index is -0.506. The van der Waals surface area contributed by atoms with Gasteiger partial charge in [-0.25, -0.2) is 0 Å². The molecule has 0 saturated heterocycles. The molecule has 1 aliphatic heterocycles. The standard InChI is InChI=1S/C17H15ClN2O2S/c1-10-14(17(21)22-2)15(11-5-3-6-12(18)9-11)16(20-19-10)13-7-4-8-23-13/h3-9,14-15H,1-2H3. The summed E-state index contributed by atoms with van der Waals surface area (Å²) in [5, 5.41) is 11.2. The summed E-state index contributed by atoms with van der Waals surface area (Å²) in [6.07, 6.45) is 0. The maximum Gasteiger partial charge on any atom is 0.315 e. The molecule has 0 amide bonds. The molecule has 0 bridgehead atoms. The van der Waals surface area contributed by atoms with Crippen LogP contribution in [0, 0.1) is 5.92 Å². The third-order valence-corrected chi connectivity index (χ3v) is 4.96. The SMILES string of the molecule is COC(=O)C1C(C)=NN=C(c2cccs2)C1c1cccc(Cl)c1. The average Bonchev–Trinajstić information content (AvgIpc) is 3.08. The van der Waals surface area contributed by atoms with Crippen molar-refractivity contribution in [2.24, 2.45) is 16.1 Å². The summed E-state index contributed by atoms with van der Waals surface area (Å²) < 4.78 is 5.00. The van der Waals surface area contributed by atoms with Gasteiger partial charge in [-0.3, -0.25) is 4.79 Å². The van der Waals surface area contributed by atoms with E-state index in [1.165, 1.54) is 7.11 Å². The van der Waals surface area contributed by atoms with Crippen molar-refractivity contribution in [1.29, 1.82) is 0 Å². The summed E-state index contributed by atoms with van der Waals surface area (Å²) in [6.45, 7) is 1.80. The number of nitrogens with zero attached hydrogens (tertiary/aromatic N) is 2. The van der Waals surface area contributed by atoms with Crippen LogP contribution in [0.1, 0.15) is 23.3 Å². The number of methoxy groups -OCH3 is 1. The van der Waals surface area contributed by atoms with Crippen molar-refractivity contribution in [3.63, 3.8) is 0 Å². The molecule has 2 aromatic rings. The molecule has 0 N–H and O–H groups in total. The smallest absolute Gasteiger partial charge is 0.315 e. The van der Waals surface area contributed by atoms with Crippen LogP contribution in [0.3, 0.4) is 0 Å². The number of ether oxygens (including phenoxy) is 1. The number of carbonyl (C=O) groups is 1. The zero-order valence-corrected chi connectivity index (χ0v) is 14.3. The van der Waals surface area contributed by atoms with Crippen molar-refractivity contribution >= 4 is 40.3 Å². The highest BCUT2D eigenvalue weighted by molar-refractivity contribution is 7.12. The van der Waals surface area contributed by atoms with Gasteiger partial charge in [-0.05, 0) is 36.1 Å². The van der Waals surface area contributed by atoms with Crippen LogP contribution < -0.4 is 0 Å². The van der Waals surface area contributed by atoms with Gasteiger partial charge in [0.1, 0.15) is 5.92 Å². The van der Waals surface area contributed by atoms with Gasteiger partial charge in [-0.2, -0.15) is 10.2 Å². The number of halogens is 1. The van der Waals surface area contributed by atoms with Crippen molar-refractivity contribution in [3.8, 4) is 0 Å². The third-order valence-electron chi connectivity index (χ3n) is 3.83. The first-order valence-electron chi connectivity index (χ1n) is 7.11. The molecule has 2 atom stereocenters. The van der Waals surface area contributed by atoms with Crippen molar-refractivity contribution in [2.45, 2.75) is 12.8 Å². The fraction of sp³-hybridized carbons (Fsp3) is 0.235. The molecule has 6 heteroatoms. The van der Waals surface area contributed by atoms with Crippen molar-refractivity contribution in [3.05, 3.63) is 57.2 Å². The van der Waals surface area contributed by atoms with Crippen LogP contribution >= 0.6 is 22.9 Å². The Balaban J connectivity index is 2.16. The highest BCUT2D eigenvalue weighted by atomic mass is 35.5. The maximum absolute atomic E-state index is 12.4. The van der Waals surface area contributed by atoms with Gasteiger partial charge in [-0.1, -0.05) is 29.8 Å². The fourth-order valence-corrected chi connectivity index (χ4v) is 3.72. The van der Waals surface area contributed by atoms with Crippen LogP contribution in [-0.2, 0) is 9.53 Å². The summed E-state index contributed by atoms with van der Waals surface area (Å²) in [5.41, 5.74) is 2.33. The van der Waals surface area contributed by atoms with Gasteiger partial charge in [0.25, 0.3) is 0 Å². The second kappa shape index (κ2) is 6.64. The van der Waals surface area contributed by atoms with Crippen molar-refractivity contribution < 1.29 is 9.53 Å². The molecule has 2 unspecified atom stereocenters. The van der Waals surface area contributed by atoms with E-state index in [0.29, 0.717) is 10.7 Å². The van der Waals surface area contributed by atoms with Crippen LogP contribution in [0.2, 0.25) is 5.02 Å². The molecule has 1 aromatic heterocycles. The van der Waals surface area contributed by atoms with Crippen LogP contribution in [0.15, 0.2) is 52.0 Å². The van der Waals surface area contributed by atoms with E-state index in [2.05, 4.69) is 10.2 Å². The van der Waals surface area contributed by atoms with E-state index in [1.807, 2.05) is 41.8 Å². The molecule has 2 heterocycles. The molecule has 0 aliphatic carbocycles. The lowest BCUT2D eigenvalue weighted by Crippen LogP contribution is -2.36. The Kier molecular flexibility index (Phi) is 4.59. The summed E-state index contributed by atoms with van der Waals surface area (Å²) in [5.74, 6) is -1.09. The first-order chi connectivity index (χ1) is 11.1. The van der Waals surface area contributed by atoms with Crippen LogP contribution in [0.4, 0.5) is 0 Å². The lowest BCUT2D eigenvalue weighted by molar-refractivity contribution is -0.143. The molecule has 0 fully saturated rings. The maximum atomic E-state index is 12.4. The number of rotatable bonds is 3. The molecule has 118 valence electrons. The van der Waals surface area contributed by atoms with E-state index in [-0.39, 0.29) is 11.9 Å². The number of hydrogen-bond donors (Lipinski definition) is 0. The second-order valence-electron chi connectivity index (χ2n) is 5.24. The largest absolute Gasteiger partial charge is 0.468 e. The summed E-state index contributed by atoms with van der Waals surface area (Å²) in [7, 11) is 1.39. The molecule has 1 aliphatic rings. The van der Waals surface area contributed by atoms with Gasteiger partial charge in [0.15, 0.2) is 0 Å². The Labute approximate surface area is 143 Å². The summed E-state index contributed by atoms with van der Waals surface area (Å²) in [6, 6.07) is 11.4. The molecule has 4 nitrogen and oxygen atoms in total. The Morgan fingerprint density at radius 3 is 2.74 bits per heavy atom. The van der Waals surface area contributed by atoms with Gasteiger partial charge < -0.3 is 4.74 Å². The van der Waals surface area contributed by atoms with Gasteiger partial charge in [0.05, 0.1) is 23.4 Å². The highest BCUT2D eigenvalue weighted by Crippen LogP contribution is 2.36.